The summed E-state index contributed by atoms with van der Waals surface area (Å²) in [5.41, 5.74) is 0.771. The SMILES string of the molecule is CC(=O)N(CCC(=O)Nc1ccc(F)c(F)c1)c1ccc(Cl)cc1. The Morgan fingerprint density at radius 1 is 1.08 bits per heavy atom. The van der Waals surface area contributed by atoms with E-state index in [0.717, 1.165) is 12.1 Å². The van der Waals surface area contributed by atoms with Gasteiger partial charge in [0, 0.05) is 42.4 Å². The van der Waals surface area contributed by atoms with Crippen LogP contribution >= 0.6 is 11.6 Å². The number of nitrogens with one attached hydrogen (secondary N) is 1. The topological polar surface area (TPSA) is 49.4 Å². The van der Waals surface area contributed by atoms with Crippen LogP contribution in [0.15, 0.2) is 42.5 Å². The summed E-state index contributed by atoms with van der Waals surface area (Å²) in [7, 11) is 0. The van der Waals surface area contributed by atoms with Crippen molar-refractivity contribution >= 4 is 34.8 Å². The third-order valence-electron chi connectivity index (χ3n) is 3.28. The summed E-state index contributed by atoms with van der Waals surface area (Å²) in [6.45, 7) is 1.54. The average Bonchev–Trinajstić information content (AvgIpc) is 2.52. The van der Waals surface area contributed by atoms with E-state index in [2.05, 4.69) is 5.32 Å². The molecule has 0 saturated heterocycles. The van der Waals surface area contributed by atoms with Gasteiger partial charge in [-0.05, 0) is 36.4 Å². The number of halogens is 3. The number of rotatable bonds is 5. The first kappa shape index (κ1) is 17.9. The van der Waals surface area contributed by atoms with Gasteiger partial charge in [-0.25, -0.2) is 8.78 Å². The van der Waals surface area contributed by atoms with Crippen LogP contribution in [-0.4, -0.2) is 18.4 Å². The number of carbonyl (C=O) groups is 2. The van der Waals surface area contributed by atoms with Crippen LogP contribution in [0.1, 0.15) is 13.3 Å². The van der Waals surface area contributed by atoms with E-state index in [1.807, 2.05) is 0 Å². The van der Waals surface area contributed by atoms with E-state index in [4.69, 9.17) is 11.6 Å². The van der Waals surface area contributed by atoms with Crippen LogP contribution in [0.25, 0.3) is 0 Å². The first-order valence-corrected chi connectivity index (χ1v) is 7.53. The van der Waals surface area contributed by atoms with Gasteiger partial charge in [0.2, 0.25) is 11.8 Å². The smallest absolute Gasteiger partial charge is 0.226 e. The standard InChI is InChI=1S/C17H15ClF2N2O2/c1-11(23)22(14-5-2-12(18)3-6-14)9-8-17(24)21-13-4-7-15(19)16(20)10-13/h2-7,10H,8-9H2,1H3,(H,21,24). The summed E-state index contributed by atoms with van der Waals surface area (Å²) >= 11 is 5.81. The van der Waals surface area contributed by atoms with Crippen molar-refractivity contribution in [2.24, 2.45) is 0 Å². The monoisotopic (exact) mass is 352 g/mol. The molecule has 0 spiro atoms. The molecule has 1 N–H and O–H groups in total. The second kappa shape index (κ2) is 7.88. The molecule has 24 heavy (non-hydrogen) atoms. The molecular formula is C17H15ClF2N2O2. The van der Waals surface area contributed by atoms with Crippen LogP contribution in [0, 0.1) is 11.6 Å². The summed E-state index contributed by atoms with van der Waals surface area (Å²) < 4.78 is 26.0. The molecule has 2 amide bonds. The molecule has 4 nitrogen and oxygen atoms in total. The Bertz CT molecular complexity index is 751. The van der Waals surface area contributed by atoms with E-state index >= 15 is 0 Å². The van der Waals surface area contributed by atoms with Gasteiger partial charge >= 0.3 is 0 Å². The Morgan fingerprint density at radius 3 is 2.33 bits per heavy atom. The Balaban J connectivity index is 1.98. The number of carbonyl (C=O) groups excluding carboxylic acids is 2. The van der Waals surface area contributed by atoms with Crippen LogP contribution in [0.5, 0.6) is 0 Å². The summed E-state index contributed by atoms with van der Waals surface area (Å²) in [5.74, 6) is -2.67. The van der Waals surface area contributed by atoms with Crippen molar-refractivity contribution in [3.05, 3.63) is 59.1 Å². The molecule has 0 atom stereocenters. The normalized spacial score (nSPS) is 10.3. The molecule has 7 heteroatoms. The van der Waals surface area contributed by atoms with Crippen molar-refractivity contribution in [1.29, 1.82) is 0 Å². The lowest BCUT2D eigenvalue weighted by molar-refractivity contribution is -0.117. The van der Waals surface area contributed by atoms with Gasteiger partial charge in [-0.3, -0.25) is 9.59 Å². The molecule has 0 unspecified atom stereocenters. The quantitative estimate of drug-likeness (QED) is 0.884. The second-order valence-corrected chi connectivity index (χ2v) is 5.51. The van der Waals surface area contributed by atoms with Crippen molar-refractivity contribution in [2.45, 2.75) is 13.3 Å². The van der Waals surface area contributed by atoms with Crippen LogP contribution in [0.3, 0.4) is 0 Å². The largest absolute Gasteiger partial charge is 0.326 e. The van der Waals surface area contributed by atoms with E-state index < -0.39 is 17.5 Å². The number of hydrogen-bond acceptors (Lipinski definition) is 2. The lowest BCUT2D eigenvalue weighted by Gasteiger charge is -2.21. The number of benzene rings is 2. The predicted molar refractivity (Wildman–Crippen MR) is 89.1 cm³/mol. The molecule has 0 saturated carbocycles. The lowest BCUT2D eigenvalue weighted by atomic mass is 10.2. The van der Waals surface area contributed by atoms with Crippen LogP contribution < -0.4 is 10.2 Å². The highest BCUT2D eigenvalue weighted by Crippen LogP contribution is 2.19. The molecule has 0 aliphatic rings. The second-order valence-electron chi connectivity index (χ2n) is 5.07. The molecule has 0 aliphatic heterocycles. The van der Waals surface area contributed by atoms with Crippen molar-refractivity contribution in [3.63, 3.8) is 0 Å². The molecule has 2 rings (SSSR count). The number of amides is 2. The zero-order chi connectivity index (χ0) is 17.7. The van der Waals surface area contributed by atoms with Gasteiger partial charge in [0.25, 0.3) is 0 Å². The predicted octanol–water partition coefficient (Wildman–Crippen LogP) is 4.00. The third-order valence-corrected chi connectivity index (χ3v) is 3.54. The highest BCUT2D eigenvalue weighted by molar-refractivity contribution is 6.30. The van der Waals surface area contributed by atoms with Crippen LogP contribution in [-0.2, 0) is 9.59 Å². The van der Waals surface area contributed by atoms with Crippen molar-refractivity contribution in [2.75, 3.05) is 16.8 Å². The number of nitrogens with zero attached hydrogens (tertiary/aromatic N) is 1. The summed E-state index contributed by atoms with van der Waals surface area (Å²) in [6, 6.07) is 9.74. The molecule has 126 valence electrons. The van der Waals surface area contributed by atoms with Crippen molar-refractivity contribution < 1.29 is 18.4 Å². The van der Waals surface area contributed by atoms with Gasteiger partial charge in [-0.2, -0.15) is 0 Å². The lowest BCUT2D eigenvalue weighted by Crippen LogP contribution is -2.31. The zero-order valence-electron chi connectivity index (χ0n) is 12.9. The number of hydrogen-bond donors (Lipinski definition) is 1. The van der Waals surface area contributed by atoms with Gasteiger partial charge in [0.1, 0.15) is 0 Å². The third kappa shape index (κ3) is 4.76. The molecule has 0 radical (unpaired) electrons. The van der Waals surface area contributed by atoms with Crippen molar-refractivity contribution in [3.8, 4) is 0 Å². The first-order chi connectivity index (χ1) is 11.4. The summed E-state index contributed by atoms with van der Waals surface area (Å²) in [4.78, 5) is 25.1. The van der Waals surface area contributed by atoms with Gasteiger partial charge in [-0.1, -0.05) is 11.6 Å². The van der Waals surface area contributed by atoms with E-state index in [1.54, 1.807) is 24.3 Å². The Labute approximate surface area is 143 Å². The maximum atomic E-state index is 13.1. The Morgan fingerprint density at radius 2 is 1.75 bits per heavy atom. The summed E-state index contributed by atoms with van der Waals surface area (Å²) in [5, 5.41) is 3.00. The van der Waals surface area contributed by atoms with E-state index in [-0.39, 0.29) is 24.6 Å². The van der Waals surface area contributed by atoms with E-state index in [9.17, 15) is 18.4 Å². The van der Waals surface area contributed by atoms with Crippen LogP contribution in [0.2, 0.25) is 5.02 Å². The minimum Gasteiger partial charge on any atom is -0.326 e. The highest BCUT2D eigenvalue weighted by atomic mass is 35.5. The molecule has 2 aromatic carbocycles. The molecule has 0 aromatic heterocycles. The first-order valence-electron chi connectivity index (χ1n) is 7.15. The van der Waals surface area contributed by atoms with Gasteiger partial charge in [0.15, 0.2) is 11.6 Å². The van der Waals surface area contributed by atoms with E-state index in [1.165, 1.54) is 17.9 Å². The van der Waals surface area contributed by atoms with Crippen LogP contribution in [0.4, 0.5) is 20.2 Å². The minimum atomic E-state index is -1.04. The van der Waals surface area contributed by atoms with Crippen molar-refractivity contribution in [1.82, 2.24) is 0 Å². The average molecular weight is 353 g/mol. The van der Waals surface area contributed by atoms with Gasteiger partial charge in [-0.15, -0.1) is 0 Å². The molecule has 0 bridgehead atoms. The molecule has 2 aromatic rings. The van der Waals surface area contributed by atoms with E-state index in [0.29, 0.717) is 10.7 Å². The maximum absolute atomic E-state index is 13.1. The molecule has 0 heterocycles. The number of anilines is 2. The fraction of sp³-hybridized carbons (Fsp3) is 0.176. The molecule has 0 fully saturated rings. The molecule has 0 aliphatic carbocycles. The Kier molecular flexibility index (Phi) is 5.87. The molecular weight excluding hydrogens is 338 g/mol. The fourth-order valence-corrected chi connectivity index (χ4v) is 2.23. The maximum Gasteiger partial charge on any atom is 0.226 e. The highest BCUT2D eigenvalue weighted by Gasteiger charge is 2.14. The van der Waals surface area contributed by atoms with Gasteiger partial charge in [0.05, 0.1) is 0 Å². The van der Waals surface area contributed by atoms with Gasteiger partial charge < -0.3 is 10.2 Å². The fourth-order valence-electron chi connectivity index (χ4n) is 2.10. The summed E-state index contributed by atoms with van der Waals surface area (Å²) in [6.07, 6.45) is 0.00119. The Hall–Kier alpha value is -2.47. The minimum absolute atomic E-state index is 0.00119. The zero-order valence-corrected chi connectivity index (χ0v) is 13.6.